The van der Waals surface area contributed by atoms with E-state index in [2.05, 4.69) is 0 Å². The molecule has 0 bridgehead atoms. The van der Waals surface area contributed by atoms with E-state index in [4.69, 9.17) is 38.4 Å². The number of esters is 1. The average molecular weight is 326 g/mol. The molecular weight excluding hydrogens is 313 g/mol. The summed E-state index contributed by atoms with van der Waals surface area (Å²) in [5.41, 5.74) is 6.99. The zero-order valence-corrected chi connectivity index (χ0v) is 12.7. The Morgan fingerprint density at radius 1 is 1.19 bits per heavy atom. The molecule has 0 amide bonds. The third kappa shape index (κ3) is 3.60. The van der Waals surface area contributed by atoms with Gasteiger partial charge in [0.2, 0.25) is 0 Å². The molecule has 0 aliphatic carbocycles. The van der Waals surface area contributed by atoms with Gasteiger partial charge in [0, 0.05) is 16.3 Å². The molecule has 0 spiro atoms. The smallest absolute Gasteiger partial charge is 0.341 e. The molecule has 4 nitrogen and oxygen atoms in total. The van der Waals surface area contributed by atoms with E-state index in [1.165, 1.54) is 19.2 Å². The van der Waals surface area contributed by atoms with Gasteiger partial charge in [-0.25, -0.2) is 4.79 Å². The zero-order valence-electron chi connectivity index (χ0n) is 11.2. The Morgan fingerprint density at radius 2 is 1.90 bits per heavy atom. The molecule has 2 N–H and O–H groups in total. The van der Waals surface area contributed by atoms with Crippen LogP contribution >= 0.6 is 23.2 Å². The summed E-state index contributed by atoms with van der Waals surface area (Å²) in [4.78, 5) is 11.8. The molecule has 0 fully saturated rings. The number of halogens is 2. The summed E-state index contributed by atoms with van der Waals surface area (Å²) in [5.74, 6) is -0.351. The first-order valence-electron chi connectivity index (χ1n) is 6.06. The topological polar surface area (TPSA) is 61.5 Å². The lowest BCUT2D eigenvalue weighted by molar-refractivity contribution is 0.0595. The Morgan fingerprint density at radius 3 is 2.57 bits per heavy atom. The van der Waals surface area contributed by atoms with Gasteiger partial charge >= 0.3 is 5.97 Å². The standard InChI is InChI=1S/C15H13Cl2NO3/c1-20-15(19)11-6-10(18)7-13(17)14(11)21-8-9-4-2-3-5-12(9)16/h2-7H,8,18H2,1H3. The molecule has 2 aromatic carbocycles. The van der Waals surface area contributed by atoms with Crippen LogP contribution in [0.4, 0.5) is 5.69 Å². The SMILES string of the molecule is COC(=O)c1cc(N)cc(Cl)c1OCc1ccccc1Cl. The predicted octanol–water partition coefficient (Wildman–Crippen LogP) is 3.94. The molecule has 0 saturated carbocycles. The fourth-order valence-electron chi connectivity index (χ4n) is 1.79. The zero-order chi connectivity index (χ0) is 15.4. The quantitative estimate of drug-likeness (QED) is 0.683. The molecule has 2 rings (SSSR count). The highest BCUT2D eigenvalue weighted by atomic mass is 35.5. The number of methoxy groups -OCH3 is 1. The number of benzene rings is 2. The lowest BCUT2D eigenvalue weighted by Crippen LogP contribution is -2.07. The van der Waals surface area contributed by atoms with E-state index in [0.717, 1.165) is 5.56 Å². The van der Waals surface area contributed by atoms with Gasteiger partial charge in [0.25, 0.3) is 0 Å². The number of nitrogen functional groups attached to an aromatic ring is 1. The van der Waals surface area contributed by atoms with Crippen molar-refractivity contribution in [2.24, 2.45) is 0 Å². The summed E-state index contributed by atoms with van der Waals surface area (Å²) >= 11 is 12.2. The van der Waals surface area contributed by atoms with Gasteiger partial charge in [-0.3, -0.25) is 0 Å². The van der Waals surface area contributed by atoms with E-state index in [1.54, 1.807) is 6.07 Å². The molecule has 0 atom stereocenters. The lowest BCUT2D eigenvalue weighted by Gasteiger charge is -2.13. The molecule has 0 saturated heterocycles. The molecule has 0 aliphatic rings. The average Bonchev–Trinajstić information content (AvgIpc) is 2.46. The van der Waals surface area contributed by atoms with Crippen LogP contribution in [0.2, 0.25) is 10.0 Å². The fourth-order valence-corrected chi connectivity index (χ4v) is 2.26. The fraction of sp³-hybridized carbons (Fsp3) is 0.133. The van der Waals surface area contributed by atoms with E-state index in [0.29, 0.717) is 10.7 Å². The lowest BCUT2D eigenvalue weighted by atomic mass is 10.1. The van der Waals surface area contributed by atoms with E-state index < -0.39 is 5.97 Å². The van der Waals surface area contributed by atoms with Gasteiger partial charge in [0.05, 0.1) is 12.1 Å². The van der Waals surface area contributed by atoms with Crippen LogP contribution in [0, 0.1) is 0 Å². The van der Waals surface area contributed by atoms with Gasteiger partial charge in [-0.2, -0.15) is 0 Å². The minimum atomic E-state index is -0.571. The van der Waals surface area contributed by atoms with Crippen molar-refractivity contribution < 1.29 is 14.3 Å². The summed E-state index contributed by atoms with van der Waals surface area (Å²) in [7, 11) is 1.28. The molecule has 0 unspecified atom stereocenters. The van der Waals surface area contributed by atoms with Crippen LogP contribution in [0.1, 0.15) is 15.9 Å². The molecule has 2 aromatic rings. The number of ether oxygens (including phenoxy) is 2. The number of hydrogen-bond acceptors (Lipinski definition) is 4. The van der Waals surface area contributed by atoms with Crippen LogP contribution in [0.25, 0.3) is 0 Å². The summed E-state index contributed by atoms with van der Waals surface area (Å²) in [6.07, 6.45) is 0. The Kier molecular flexibility index (Phi) is 4.94. The maximum absolute atomic E-state index is 11.8. The number of carbonyl (C=O) groups excluding carboxylic acids is 1. The Balaban J connectivity index is 2.31. The minimum absolute atomic E-state index is 0.174. The second-order valence-corrected chi connectivity index (χ2v) is 5.07. The van der Waals surface area contributed by atoms with Crippen LogP contribution in [0.15, 0.2) is 36.4 Å². The largest absolute Gasteiger partial charge is 0.486 e. The van der Waals surface area contributed by atoms with Crippen molar-refractivity contribution in [1.82, 2.24) is 0 Å². The van der Waals surface area contributed by atoms with E-state index in [9.17, 15) is 4.79 Å². The van der Waals surface area contributed by atoms with Gasteiger partial charge in [0.15, 0.2) is 5.75 Å². The van der Waals surface area contributed by atoms with E-state index >= 15 is 0 Å². The highest BCUT2D eigenvalue weighted by Crippen LogP contribution is 2.33. The summed E-state index contributed by atoms with van der Waals surface area (Å²) in [5, 5.41) is 0.811. The third-order valence-corrected chi connectivity index (χ3v) is 3.45. The second-order valence-electron chi connectivity index (χ2n) is 4.25. The van der Waals surface area contributed by atoms with Crippen molar-refractivity contribution in [1.29, 1.82) is 0 Å². The summed E-state index contributed by atoms with van der Waals surface area (Å²) < 4.78 is 10.3. The third-order valence-electron chi connectivity index (χ3n) is 2.80. The van der Waals surface area contributed by atoms with Crippen LogP contribution in [-0.2, 0) is 11.3 Å². The Bertz CT molecular complexity index is 674. The molecule has 0 aromatic heterocycles. The summed E-state index contributed by atoms with van der Waals surface area (Å²) in [6, 6.07) is 10.2. The van der Waals surface area contributed by atoms with Crippen molar-refractivity contribution in [3.8, 4) is 5.75 Å². The second kappa shape index (κ2) is 6.70. The van der Waals surface area contributed by atoms with Gasteiger partial charge in [-0.1, -0.05) is 41.4 Å². The van der Waals surface area contributed by atoms with Gasteiger partial charge in [0.1, 0.15) is 12.2 Å². The van der Waals surface area contributed by atoms with E-state index in [-0.39, 0.29) is 22.9 Å². The van der Waals surface area contributed by atoms with Crippen molar-refractivity contribution in [3.63, 3.8) is 0 Å². The molecule has 6 heteroatoms. The first-order valence-corrected chi connectivity index (χ1v) is 6.82. The molecule has 0 aliphatic heterocycles. The predicted molar refractivity (Wildman–Crippen MR) is 83.0 cm³/mol. The van der Waals surface area contributed by atoms with Crippen molar-refractivity contribution in [2.45, 2.75) is 6.61 Å². The minimum Gasteiger partial charge on any atom is -0.486 e. The number of rotatable bonds is 4. The molecule has 0 radical (unpaired) electrons. The maximum atomic E-state index is 11.8. The highest BCUT2D eigenvalue weighted by Gasteiger charge is 2.18. The van der Waals surface area contributed by atoms with Crippen molar-refractivity contribution in [3.05, 3.63) is 57.6 Å². The molecule has 110 valence electrons. The normalized spacial score (nSPS) is 10.2. The Hall–Kier alpha value is -1.91. The van der Waals surface area contributed by atoms with Crippen LogP contribution in [0.3, 0.4) is 0 Å². The van der Waals surface area contributed by atoms with Crippen LogP contribution < -0.4 is 10.5 Å². The number of hydrogen-bond donors (Lipinski definition) is 1. The number of carbonyl (C=O) groups is 1. The van der Waals surface area contributed by atoms with Crippen molar-refractivity contribution in [2.75, 3.05) is 12.8 Å². The van der Waals surface area contributed by atoms with Gasteiger partial charge in [-0.15, -0.1) is 0 Å². The van der Waals surface area contributed by atoms with Gasteiger partial charge in [-0.05, 0) is 18.2 Å². The maximum Gasteiger partial charge on any atom is 0.341 e. The Labute approximate surface area is 132 Å². The first kappa shape index (κ1) is 15.5. The van der Waals surface area contributed by atoms with Gasteiger partial charge < -0.3 is 15.2 Å². The monoisotopic (exact) mass is 325 g/mol. The molecular formula is C15H13Cl2NO3. The highest BCUT2D eigenvalue weighted by molar-refractivity contribution is 6.33. The molecule has 21 heavy (non-hydrogen) atoms. The summed E-state index contributed by atoms with van der Waals surface area (Å²) in [6.45, 7) is 0.174. The number of anilines is 1. The van der Waals surface area contributed by atoms with Crippen LogP contribution in [0.5, 0.6) is 5.75 Å². The number of nitrogens with two attached hydrogens (primary N) is 1. The van der Waals surface area contributed by atoms with Crippen molar-refractivity contribution >= 4 is 34.9 Å². The first-order chi connectivity index (χ1) is 10.0. The van der Waals surface area contributed by atoms with E-state index in [1.807, 2.05) is 18.2 Å². The van der Waals surface area contributed by atoms with Crippen LogP contribution in [-0.4, -0.2) is 13.1 Å². The molecule has 0 heterocycles.